The number of halogens is 1. The van der Waals surface area contributed by atoms with Crippen LogP contribution in [-0.4, -0.2) is 49.8 Å². The number of anilines is 2. The van der Waals surface area contributed by atoms with Gasteiger partial charge in [-0.2, -0.15) is 0 Å². The van der Waals surface area contributed by atoms with Gasteiger partial charge in [-0.15, -0.1) is 0 Å². The molecule has 7 nitrogen and oxygen atoms in total. The number of phenols is 1. The number of unbranched alkanes of at least 4 members (excludes halogenated alkanes) is 4. The minimum atomic E-state index is -0.181. The zero-order valence-electron chi connectivity index (χ0n) is 28.0. The van der Waals surface area contributed by atoms with Gasteiger partial charge >= 0.3 is 103 Å². The fraction of sp³-hybridized carbons (Fsp3) is 0.581. The number of ether oxygens (including phenoxy) is 1. The zero-order valence-corrected chi connectivity index (χ0v) is 35.4. The summed E-state index contributed by atoms with van der Waals surface area (Å²) in [5.41, 5.74) is 2.42. The number of phenolic OH excluding ortho intramolecular Hbond substituents is 1. The summed E-state index contributed by atoms with van der Waals surface area (Å²) in [4.78, 5) is 18.1. The van der Waals surface area contributed by atoms with Gasteiger partial charge in [0.1, 0.15) is 11.5 Å². The molecule has 0 aliphatic rings. The Bertz CT molecular complexity index is 812. The third-order valence-electron chi connectivity index (χ3n) is 5.78. The van der Waals surface area contributed by atoms with Gasteiger partial charge in [-0.3, -0.25) is 4.79 Å². The number of hydrogen-bond donors (Lipinski definition) is 1. The fourth-order valence-corrected chi connectivity index (χ4v) is 3.63. The van der Waals surface area contributed by atoms with Crippen LogP contribution < -0.4 is 123 Å². The topological polar surface area (TPSA) is 85.3 Å². The summed E-state index contributed by atoms with van der Waals surface area (Å²) in [7, 11) is 1.72. The van der Waals surface area contributed by atoms with Crippen molar-refractivity contribution >= 4 is 40.4 Å². The molecule has 2 rings (SSSR count). The molecule has 0 unspecified atom stereocenters. The summed E-state index contributed by atoms with van der Waals surface area (Å²) in [6.45, 7) is 13.2. The van der Waals surface area contributed by atoms with Crippen LogP contribution >= 0.6 is 22.6 Å². The summed E-state index contributed by atoms with van der Waals surface area (Å²) in [6, 6.07) is 15.9. The molecule has 0 heterocycles. The van der Waals surface area contributed by atoms with E-state index < -0.39 is 0 Å². The number of hydrogen-bond acceptors (Lipinski definition) is 7. The van der Waals surface area contributed by atoms with Crippen LogP contribution in [0.15, 0.2) is 48.5 Å². The van der Waals surface area contributed by atoms with Gasteiger partial charge < -0.3 is 31.2 Å². The first kappa shape index (κ1) is 49.0. The summed E-state index contributed by atoms with van der Waals surface area (Å²) in [5, 5.41) is 17.9. The Kier molecular flexibility index (Phi) is 44.5. The molecule has 226 valence electrons. The van der Waals surface area contributed by atoms with Gasteiger partial charge in [-0.05, 0) is 54.9 Å². The number of methoxy groups -OCH3 is 1. The third-order valence-corrected chi connectivity index (χ3v) is 5.78. The van der Waals surface area contributed by atoms with Crippen LogP contribution in [0.2, 0.25) is 0 Å². The van der Waals surface area contributed by atoms with E-state index in [4.69, 9.17) is 14.8 Å². The van der Waals surface area contributed by atoms with Crippen molar-refractivity contribution in [1.29, 1.82) is 0 Å². The molecular formula is C31H53IK2N2O5. The van der Waals surface area contributed by atoms with E-state index in [0.29, 0.717) is 5.75 Å². The SMILES string of the molecule is CCCCN(CCCC)c1cccc(O)c1.CCCCN(CCCC)c1cccc(OC)c1.CI.O=CO[O-].[H-].[K+].[K+]. The van der Waals surface area contributed by atoms with E-state index in [1.807, 2.05) is 23.1 Å². The van der Waals surface area contributed by atoms with Crippen molar-refractivity contribution in [2.45, 2.75) is 79.1 Å². The average Bonchev–Trinajstić information content (AvgIpc) is 2.99. The van der Waals surface area contributed by atoms with Gasteiger partial charge in [0.25, 0.3) is 6.47 Å². The second-order valence-corrected chi connectivity index (χ2v) is 8.80. The molecule has 0 aliphatic heterocycles. The average molecular weight is 739 g/mol. The normalized spacial score (nSPS) is 8.98. The summed E-state index contributed by atoms with van der Waals surface area (Å²) >= 11 is 2.15. The smallest absolute Gasteiger partial charge is 1.00 e. The molecule has 0 aliphatic carbocycles. The van der Waals surface area contributed by atoms with E-state index in [0.717, 1.165) is 37.6 Å². The molecule has 0 atom stereocenters. The number of alkyl halides is 1. The number of carbonyl (C=O) groups excluding carboxylic acids is 1. The molecule has 2 aromatic rings. The molecule has 0 bridgehead atoms. The Morgan fingerprint density at radius 1 is 0.780 bits per heavy atom. The van der Waals surface area contributed by atoms with Crippen molar-refractivity contribution in [2.24, 2.45) is 0 Å². The van der Waals surface area contributed by atoms with Crippen LogP contribution in [0.4, 0.5) is 11.4 Å². The van der Waals surface area contributed by atoms with Crippen molar-refractivity contribution in [3.8, 4) is 11.5 Å². The van der Waals surface area contributed by atoms with Gasteiger partial charge in [0.2, 0.25) is 0 Å². The molecule has 0 radical (unpaired) electrons. The van der Waals surface area contributed by atoms with Crippen molar-refractivity contribution in [3.63, 3.8) is 0 Å². The van der Waals surface area contributed by atoms with Gasteiger partial charge in [0.05, 0.1) is 7.11 Å². The molecule has 0 saturated carbocycles. The fourth-order valence-electron chi connectivity index (χ4n) is 3.63. The zero-order chi connectivity index (χ0) is 29.7. The molecular weight excluding hydrogens is 685 g/mol. The second-order valence-electron chi connectivity index (χ2n) is 8.80. The summed E-state index contributed by atoms with van der Waals surface area (Å²) < 4.78 is 5.29. The quantitative estimate of drug-likeness (QED) is 0.0699. The number of benzene rings is 2. The maximum absolute atomic E-state index is 9.49. The Labute approximate surface area is 350 Å². The van der Waals surface area contributed by atoms with Crippen molar-refractivity contribution in [2.75, 3.05) is 48.0 Å². The molecule has 0 saturated heterocycles. The monoisotopic (exact) mass is 738 g/mol. The minimum absolute atomic E-state index is 0. The Morgan fingerprint density at radius 3 is 1.46 bits per heavy atom. The van der Waals surface area contributed by atoms with E-state index in [9.17, 15) is 5.11 Å². The Morgan fingerprint density at radius 2 is 1.15 bits per heavy atom. The van der Waals surface area contributed by atoms with Crippen LogP contribution in [0, 0.1) is 0 Å². The minimum Gasteiger partial charge on any atom is -1.00 e. The van der Waals surface area contributed by atoms with Crippen LogP contribution in [0.5, 0.6) is 11.5 Å². The number of carbonyl (C=O) groups is 1. The van der Waals surface area contributed by atoms with Crippen LogP contribution in [0.3, 0.4) is 0 Å². The molecule has 0 fully saturated rings. The van der Waals surface area contributed by atoms with Gasteiger partial charge in [-0.1, -0.05) is 88.1 Å². The van der Waals surface area contributed by atoms with Gasteiger partial charge in [-0.25, -0.2) is 0 Å². The maximum Gasteiger partial charge on any atom is 1.00 e. The van der Waals surface area contributed by atoms with E-state index in [1.165, 1.54) is 57.1 Å². The first-order valence-electron chi connectivity index (χ1n) is 14.0. The standard InChI is InChI=1S/C15H25NO.C14H23NO.CH3I.CH2O3.2K.H/c1-4-6-11-16(12-7-5-2)14-9-8-10-15(13-14)17-3;1-3-5-10-15(11-6-4-2)13-8-7-9-14(16)12-13;1-2;2-1-4-3;;;/h8-10,13H,4-7,11-12H2,1-3H3;7-9,12,16H,3-6,10-11H2,1-2H3;1H3;1,3H;;;/q;;;;2*+1;-1/p-1. The van der Waals surface area contributed by atoms with Crippen LogP contribution in [0.1, 0.15) is 80.5 Å². The molecule has 0 aromatic heterocycles. The van der Waals surface area contributed by atoms with E-state index in [2.05, 4.69) is 89.2 Å². The van der Waals surface area contributed by atoms with Gasteiger partial charge in [0, 0.05) is 49.7 Å². The molecule has 2 aromatic carbocycles. The number of nitrogens with zero attached hydrogens (tertiary/aromatic N) is 2. The van der Waals surface area contributed by atoms with Gasteiger partial charge in [0.15, 0.2) is 0 Å². The molecule has 1 N–H and O–H groups in total. The van der Waals surface area contributed by atoms with Crippen molar-refractivity contribution in [3.05, 3.63) is 48.5 Å². The van der Waals surface area contributed by atoms with Crippen molar-refractivity contribution < 1.29 is 129 Å². The number of rotatable bonds is 16. The van der Waals surface area contributed by atoms with E-state index in [-0.39, 0.29) is 111 Å². The largest absolute Gasteiger partial charge is 1.00 e. The number of aromatic hydroxyl groups is 1. The van der Waals surface area contributed by atoms with E-state index >= 15 is 0 Å². The molecule has 0 spiro atoms. The Balaban J connectivity index is -0.000000173. The van der Waals surface area contributed by atoms with Crippen LogP contribution in [0.25, 0.3) is 0 Å². The third kappa shape index (κ3) is 27.1. The maximum atomic E-state index is 9.49. The predicted octanol–water partition coefficient (Wildman–Crippen LogP) is 1.51. The molecule has 0 amide bonds. The van der Waals surface area contributed by atoms with E-state index in [1.54, 1.807) is 13.2 Å². The molecule has 10 heteroatoms. The molecule has 41 heavy (non-hydrogen) atoms. The predicted molar refractivity (Wildman–Crippen MR) is 173 cm³/mol. The summed E-state index contributed by atoms with van der Waals surface area (Å²) in [5.74, 6) is 1.30. The van der Waals surface area contributed by atoms with Crippen molar-refractivity contribution in [1.82, 2.24) is 0 Å². The second kappa shape index (κ2) is 37.3. The first-order chi connectivity index (χ1) is 19.0. The van der Waals surface area contributed by atoms with Crippen LogP contribution in [-0.2, 0) is 9.68 Å². The summed E-state index contributed by atoms with van der Waals surface area (Å²) in [6.07, 6.45) is 9.82. The Hall–Kier alpha value is 1.07. The first-order valence-corrected chi connectivity index (χ1v) is 16.2.